The van der Waals surface area contributed by atoms with Crippen molar-refractivity contribution in [3.8, 4) is 12.3 Å². The van der Waals surface area contributed by atoms with E-state index in [0.29, 0.717) is 5.56 Å². The van der Waals surface area contributed by atoms with Crippen molar-refractivity contribution in [1.82, 2.24) is 0 Å². The standard InChI is InChI=1S/C10H10O2/c1-3-10(11,12-2)9-7-5-4-6-8-9/h1,4-8,11H,2H3. The molecular weight excluding hydrogens is 152 g/mol. The average molecular weight is 162 g/mol. The molecule has 0 amide bonds. The highest BCUT2D eigenvalue weighted by Gasteiger charge is 2.25. The molecule has 62 valence electrons. The van der Waals surface area contributed by atoms with Gasteiger partial charge in [0.2, 0.25) is 0 Å². The van der Waals surface area contributed by atoms with Crippen LogP contribution in [0.15, 0.2) is 30.3 Å². The summed E-state index contributed by atoms with van der Waals surface area (Å²) in [7, 11) is 1.37. The maximum atomic E-state index is 9.64. The Morgan fingerprint density at radius 3 is 2.42 bits per heavy atom. The Morgan fingerprint density at radius 2 is 2.00 bits per heavy atom. The Kier molecular flexibility index (Phi) is 2.49. The van der Waals surface area contributed by atoms with Gasteiger partial charge in [0.05, 0.1) is 0 Å². The highest BCUT2D eigenvalue weighted by molar-refractivity contribution is 5.26. The van der Waals surface area contributed by atoms with Gasteiger partial charge in [-0.15, -0.1) is 6.42 Å². The van der Waals surface area contributed by atoms with Crippen molar-refractivity contribution < 1.29 is 9.84 Å². The van der Waals surface area contributed by atoms with Crippen LogP contribution >= 0.6 is 0 Å². The monoisotopic (exact) mass is 162 g/mol. The normalized spacial score (nSPS) is 14.8. The quantitative estimate of drug-likeness (QED) is 0.521. The molecule has 1 rings (SSSR count). The molecule has 12 heavy (non-hydrogen) atoms. The molecule has 0 radical (unpaired) electrons. The van der Waals surface area contributed by atoms with Crippen LogP contribution < -0.4 is 0 Å². The second-order valence-corrected chi connectivity index (χ2v) is 2.36. The van der Waals surface area contributed by atoms with Crippen molar-refractivity contribution in [3.63, 3.8) is 0 Å². The van der Waals surface area contributed by atoms with E-state index in [1.165, 1.54) is 7.11 Å². The highest BCUT2D eigenvalue weighted by atomic mass is 16.6. The minimum Gasteiger partial charge on any atom is -0.352 e. The van der Waals surface area contributed by atoms with Crippen molar-refractivity contribution in [3.05, 3.63) is 35.9 Å². The summed E-state index contributed by atoms with van der Waals surface area (Å²) in [5.41, 5.74) is 0.565. The van der Waals surface area contributed by atoms with E-state index < -0.39 is 5.79 Å². The third kappa shape index (κ3) is 1.48. The second kappa shape index (κ2) is 3.40. The van der Waals surface area contributed by atoms with Gasteiger partial charge in [0, 0.05) is 12.7 Å². The van der Waals surface area contributed by atoms with Crippen LogP contribution in [0.5, 0.6) is 0 Å². The lowest BCUT2D eigenvalue weighted by Crippen LogP contribution is -2.25. The minimum atomic E-state index is -1.60. The Labute approximate surface area is 71.8 Å². The molecule has 1 aromatic carbocycles. The van der Waals surface area contributed by atoms with E-state index in [2.05, 4.69) is 5.92 Å². The average Bonchev–Trinajstić information content (AvgIpc) is 2.18. The van der Waals surface area contributed by atoms with Gasteiger partial charge in [0.15, 0.2) is 0 Å². The lowest BCUT2D eigenvalue weighted by molar-refractivity contribution is -0.144. The molecule has 0 aliphatic heterocycles. The molecule has 2 nitrogen and oxygen atoms in total. The Hall–Kier alpha value is -1.30. The van der Waals surface area contributed by atoms with E-state index in [-0.39, 0.29) is 0 Å². The van der Waals surface area contributed by atoms with E-state index in [9.17, 15) is 5.11 Å². The molecule has 2 heteroatoms. The Bertz CT molecular complexity index is 286. The summed E-state index contributed by atoms with van der Waals surface area (Å²) in [6.07, 6.45) is 5.12. The van der Waals surface area contributed by atoms with Gasteiger partial charge in [-0.2, -0.15) is 0 Å². The largest absolute Gasteiger partial charge is 0.352 e. The third-order valence-corrected chi connectivity index (χ3v) is 1.66. The topological polar surface area (TPSA) is 29.5 Å². The van der Waals surface area contributed by atoms with Gasteiger partial charge in [0.1, 0.15) is 0 Å². The van der Waals surface area contributed by atoms with Crippen molar-refractivity contribution in [2.24, 2.45) is 0 Å². The minimum absolute atomic E-state index is 0.565. The van der Waals surface area contributed by atoms with E-state index in [4.69, 9.17) is 11.2 Å². The fraction of sp³-hybridized carbons (Fsp3) is 0.200. The summed E-state index contributed by atoms with van der Waals surface area (Å²) < 4.78 is 4.79. The smallest absolute Gasteiger partial charge is 0.258 e. The van der Waals surface area contributed by atoms with Gasteiger partial charge >= 0.3 is 0 Å². The van der Waals surface area contributed by atoms with Crippen LogP contribution in [0.4, 0.5) is 0 Å². The molecule has 0 saturated heterocycles. The molecule has 1 aromatic rings. The first kappa shape index (κ1) is 8.79. The first-order valence-corrected chi connectivity index (χ1v) is 3.54. The van der Waals surface area contributed by atoms with E-state index in [1.54, 1.807) is 24.3 Å². The second-order valence-electron chi connectivity index (χ2n) is 2.36. The fourth-order valence-electron chi connectivity index (χ4n) is 0.924. The molecule has 0 aromatic heterocycles. The number of ether oxygens (including phenoxy) is 1. The van der Waals surface area contributed by atoms with Crippen LogP contribution in [0.2, 0.25) is 0 Å². The van der Waals surface area contributed by atoms with E-state index >= 15 is 0 Å². The van der Waals surface area contributed by atoms with Crippen molar-refractivity contribution in [2.45, 2.75) is 5.79 Å². The van der Waals surface area contributed by atoms with Crippen LogP contribution in [-0.4, -0.2) is 12.2 Å². The summed E-state index contributed by atoms with van der Waals surface area (Å²) in [6.45, 7) is 0. The molecule has 0 aliphatic rings. The van der Waals surface area contributed by atoms with Gasteiger partial charge in [-0.25, -0.2) is 0 Å². The van der Waals surface area contributed by atoms with Crippen molar-refractivity contribution in [1.29, 1.82) is 0 Å². The molecule has 0 heterocycles. The first-order chi connectivity index (χ1) is 5.73. The number of aliphatic hydroxyl groups is 1. The summed E-state index contributed by atoms with van der Waals surface area (Å²) in [5.74, 6) is 0.582. The zero-order valence-electron chi connectivity index (χ0n) is 6.82. The molecule has 0 fully saturated rings. The Morgan fingerprint density at radius 1 is 1.42 bits per heavy atom. The maximum absolute atomic E-state index is 9.64. The number of hydrogen-bond acceptors (Lipinski definition) is 2. The lowest BCUT2D eigenvalue weighted by Gasteiger charge is -2.19. The third-order valence-electron chi connectivity index (χ3n) is 1.66. The van der Waals surface area contributed by atoms with Crippen LogP contribution in [0.25, 0.3) is 0 Å². The van der Waals surface area contributed by atoms with Crippen molar-refractivity contribution in [2.75, 3.05) is 7.11 Å². The molecular formula is C10H10O2. The summed E-state index contributed by atoms with van der Waals surface area (Å²) in [5, 5.41) is 9.64. The highest BCUT2D eigenvalue weighted by Crippen LogP contribution is 2.19. The van der Waals surface area contributed by atoms with Crippen LogP contribution in [0, 0.1) is 12.3 Å². The predicted molar refractivity (Wildman–Crippen MR) is 46.2 cm³/mol. The van der Waals surface area contributed by atoms with E-state index in [0.717, 1.165) is 0 Å². The number of methoxy groups -OCH3 is 1. The first-order valence-electron chi connectivity index (χ1n) is 3.54. The molecule has 1 unspecified atom stereocenters. The molecule has 0 spiro atoms. The summed E-state index contributed by atoms with van der Waals surface area (Å²) >= 11 is 0. The van der Waals surface area contributed by atoms with Gasteiger partial charge in [-0.1, -0.05) is 30.3 Å². The van der Waals surface area contributed by atoms with Crippen LogP contribution in [0.1, 0.15) is 5.56 Å². The Balaban J connectivity index is 3.06. The van der Waals surface area contributed by atoms with Gasteiger partial charge < -0.3 is 9.84 Å². The zero-order valence-corrected chi connectivity index (χ0v) is 6.82. The number of terminal acetylenes is 1. The number of benzene rings is 1. The van der Waals surface area contributed by atoms with Gasteiger partial charge in [0.25, 0.3) is 5.79 Å². The molecule has 0 saturated carbocycles. The predicted octanol–water partition coefficient (Wildman–Crippen LogP) is 1.11. The molecule has 0 bridgehead atoms. The number of rotatable bonds is 2. The molecule has 0 aliphatic carbocycles. The summed E-state index contributed by atoms with van der Waals surface area (Å²) in [4.78, 5) is 0. The van der Waals surface area contributed by atoms with Crippen molar-refractivity contribution >= 4 is 0 Å². The fourth-order valence-corrected chi connectivity index (χ4v) is 0.924. The molecule has 1 N–H and O–H groups in total. The van der Waals surface area contributed by atoms with E-state index in [1.807, 2.05) is 6.07 Å². The number of hydrogen-bond donors (Lipinski definition) is 1. The zero-order chi connectivity index (χ0) is 9.03. The lowest BCUT2D eigenvalue weighted by atomic mass is 10.1. The van der Waals surface area contributed by atoms with Crippen LogP contribution in [-0.2, 0) is 10.5 Å². The van der Waals surface area contributed by atoms with Crippen LogP contribution in [0.3, 0.4) is 0 Å². The summed E-state index contributed by atoms with van der Waals surface area (Å²) in [6, 6.07) is 8.84. The van der Waals surface area contributed by atoms with Gasteiger partial charge in [-0.3, -0.25) is 0 Å². The van der Waals surface area contributed by atoms with Gasteiger partial charge in [-0.05, 0) is 5.92 Å². The molecule has 1 atom stereocenters. The maximum Gasteiger partial charge on any atom is 0.258 e. The SMILES string of the molecule is C#CC(O)(OC)c1ccccc1.